The van der Waals surface area contributed by atoms with Gasteiger partial charge in [0.05, 0.1) is 26.3 Å². The predicted octanol–water partition coefficient (Wildman–Crippen LogP) is 1.44. The Hall–Kier alpha value is -1.06. The maximum Gasteiger partial charge on any atom is 0.119 e. The first kappa shape index (κ1) is 15.0. The number of quaternary nitrogens is 1. The number of hydrogen-bond acceptors (Lipinski definition) is 2. The lowest BCUT2D eigenvalue weighted by atomic mass is 9.98. The monoisotopic (exact) mass is 252 g/mol. The summed E-state index contributed by atoms with van der Waals surface area (Å²) in [5.74, 6) is 1.52. The molecule has 3 nitrogen and oxygen atoms in total. The van der Waals surface area contributed by atoms with Crippen LogP contribution in [0.4, 0.5) is 0 Å². The van der Waals surface area contributed by atoms with Gasteiger partial charge in [0, 0.05) is 6.42 Å². The highest BCUT2D eigenvalue weighted by Gasteiger charge is 2.04. The van der Waals surface area contributed by atoms with Crippen LogP contribution in [0.25, 0.3) is 0 Å². The third-order valence-corrected chi connectivity index (χ3v) is 3.02. The predicted molar refractivity (Wildman–Crippen MR) is 74.1 cm³/mol. The Labute approximate surface area is 110 Å². The van der Waals surface area contributed by atoms with E-state index in [0.717, 1.165) is 31.9 Å². The molecule has 0 spiro atoms. The van der Waals surface area contributed by atoms with Gasteiger partial charge in [0.1, 0.15) is 5.75 Å². The van der Waals surface area contributed by atoms with Crippen LogP contribution in [-0.2, 0) is 0 Å². The quantitative estimate of drug-likeness (QED) is 0.688. The molecule has 18 heavy (non-hydrogen) atoms. The Kier molecular flexibility index (Phi) is 6.76. The Balaban J connectivity index is 2.33. The fraction of sp³-hybridized carbons (Fsp3) is 0.600. The van der Waals surface area contributed by atoms with E-state index in [-0.39, 0.29) is 6.61 Å². The third-order valence-electron chi connectivity index (χ3n) is 3.02. The number of rotatable bonds is 8. The van der Waals surface area contributed by atoms with Crippen LogP contribution in [0.2, 0.25) is 0 Å². The Bertz CT molecular complexity index is 350. The summed E-state index contributed by atoms with van der Waals surface area (Å²) in [5.41, 5.74) is 2.69. The Morgan fingerprint density at radius 3 is 2.67 bits per heavy atom. The van der Waals surface area contributed by atoms with E-state index < -0.39 is 0 Å². The number of aliphatic hydroxyl groups is 1. The number of aliphatic hydroxyl groups excluding tert-OH is 1. The van der Waals surface area contributed by atoms with Gasteiger partial charge in [-0.3, -0.25) is 0 Å². The standard InChI is InChI=1S/C15H25NO2/c1-12(2)15-6-5-14(11-13(15)3)18-10-4-7-16-8-9-17/h5-6,11-12,16-17H,4,7-10H2,1-3H3/p+1. The lowest BCUT2D eigenvalue weighted by Crippen LogP contribution is -2.85. The molecule has 0 heterocycles. The average Bonchev–Trinajstić information content (AvgIpc) is 2.33. The molecule has 0 saturated heterocycles. The van der Waals surface area contributed by atoms with Crippen LogP contribution < -0.4 is 10.1 Å². The molecule has 102 valence electrons. The molecule has 0 aliphatic rings. The van der Waals surface area contributed by atoms with Gasteiger partial charge in [-0.2, -0.15) is 0 Å². The van der Waals surface area contributed by atoms with E-state index in [9.17, 15) is 0 Å². The van der Waals surface area contributed by atoms with Crippen LogP contribution in [0.1, 0.15) is 37.3 Å². The lowest BCUT2D eigenvalue weighted by Gasteiger charge is -2.12. The normalized spacial score (nSPS) is 10.9. The minimum absolute atomic E-state index is 0.247. The fourth-order valence-corrected chi connectivity index (χ4v) is 2.04. The summed E-state index contributed by atoms with van der Waals surface area (Å²) in [6.07, 6.45) is 1.00. The summed E-state index contributed by atoms with van der Waals surface area (Å²) < 4.78 is 5.72. The zero-order chi connectivity index (χ0) is 13.4. The minimum Gasteiger partial charge on any atom is -0.493 e. The molecule has 0 amide bonds. The van der Waals surface area contributed by atoms with Crippen LogP contribution in [0, 0.1) is 6.92 Å². The van der Waals surface area contributed by atoms with Crippen molar-refractivity contribution >= 4 is 0 Å². The molecule has 1 aromatic carbocycles. The van der Waals surface area contributed by atoms with Gasteiger partial charge in [-0.25, -0.2) is 0 Å². The molecule has 0 unspecified atom stereocenters. The molecule has 0 atom stereocenters. The van der Waals surface area contributed by atoms with Gasteiger partial charge in [-0.05, 0) is 36.1 Å². The van der Waals surface area contributed by atoms with Crippen LogP contribution in [-0.4, -0.2) is 31.4 Å². The maximum atomic E-state index is 8.64. The summed E-state index contributed by atoms with van der Waals surface area (Å²) in [6.45, 7) is 9.32. The summed E-state index contributed by atoms with van der Waals surface area (Å²) >= 11 is 0. The van der Waals surface area contributed by atoms with Crippen LogP contribution in [0.5, 0.6) is 5.75 Å². The number of nitrogens with two attached hydrogens (primary N) is 1. The van der Waals surface area contributed by atoms with Crippen molar-refractivity contribution in [3.8, 4) is 5.75 Å². The smallest absolute Gasteiger partial charge is 0.119 e. The van der Waals surface area contributed by atoms with Crippen molar-refractivity contribution in [1.29, 1.82) is 0 Å². The molecule has 1 rings (SSSR count). The van der Waals surface area contributed by atoms with E-state index in [0.29, 0.717) is 5.92 Å². The van der Waals surface area contributed by atoms with Crippen molar-refractivity contribution in [1.82, 2.24) is 0 Å². The molecule has 0 aromatic heterocycles. The van der Waals surface area contributed by atoms with Gasteiger partial charge in [0.25, 0.3) is 0 Å². The average molecular weight is 252 g/mol. The molecule has 0 bridgehead atoms. The second kappa shape index (κ2) is 8.11. The molecular weight excluding hydrogens is 226 g/mol. The van der Waals surface area contributed by atoms with Crippen molar-refractivity contribution in [2.24, 2.45) is 0 Å². The van der Waals surface area contributed by atoms with E-state index in [4.69, 9.17) is 9.84 Å². The number of ether oxygens (including phenoxy) is 1. The van der Waals surface area contributed by atoms with E-state index in [2.05, 4.69) is 44.3 Å². The molecular formula is C15H26NO2+. The SMILES string of the molecule is Cc1cc(OCCC[NH2+]CCO)ccc1C(C)C. The number of benzene rings is 1. The summed E-state index contributed by atoms with van der Waals surface area (Å²) in [6, 6.07) is 6.33. The van der Waals surface area contributed by atoms with Gasteiger partial charge in [0.15, 0.2) is 0 Å². The zero-order valence-corrected chi connectivity index (χ0v) is 11.8. The third kappa shape index (κ3) is 5.07. The van der Waals surface area contributed by atoms with E-state index in [1.807, 2.05) is 0 Å². The van der Waals surface area contributed by atoms with Crippen molar-refractivity contribution in [2.45, 2.75) is 33.1 Å². The largest absolute Gasteiger partial charge is 0.493 e. The van der Waals surface area contributed by atoms with E-state index in [1.54, 1.807) is 0 Å². The van der Waals surface area contributed by atoms with Crippen molar-refractivity contribution < 1.29 is 15.2 Å². The molecule has 0 aliphatic carbocycles. The lowest BCUT2D eigenvalue weighted by molar-refractivity contribution is -0.656. The first-order chi connectivity index (χ1) is 8.65. The molecule has 3 N–H and O–H groups in total. The zero-order valence-electron chi connectivity index (χ0n) is 11.8. The molecule has 1 aromatic rings. The maximum absolute atomic E-state index is 8.64. The Morgan fingerprint density at radius 1 is 1.28 bits per heavy atom. The molecule has 0 saturated carbocycles. The van der Waals surface area contributed by atoms with Crippen LogP contribution in [0.3, 0.4) is 0 Å². The fourth-order valence-electron chi connectivity index (χ4n) is 2.04. The summed E-state index contributed by atoms with van der Waals surface area (Å²) in [7, 11) is 0. The van der Waals surface area contributed by atoms with E-state index in [1.165, 1.54) is 11.1 Å². The number of aryl methyl sites for hydroxylation is 1. The van der Waals surface area contributed by atoms with E-state index >= 15 is 0 Å². The molecule has 0 aliphatic heterocycles. The van der Waals surface area contributed by atoms with Crippen LogP contribution in [0.15, 0.2) is 18.2 Å². The van der Waals surface area contributed by atoms with Crippen molar-refractivity contribution in [3.63, 3.8) is 0 Å². The second-order valence-electron chi connectivity index (χ2n) is 4.96. The van der Waals surface area contributed by atoms with Gasteiger partial charge in [0.2, 0.25) is 0 Å². The highest BCUT2D eigenvalue weighted by Crippen LogP contribution is 2.23. The highest BCUT2D eigenvalue weighted by atomic mass is 16.5. The number of hydrogen-bond donors (Lipinski definition) is 2. The highest BCUT2D eigenvalue weighted by molar-refractivity contribution is 5.36. The second-order valence-corrected chi connectivity index (χ2v) is 4.96. The molecule has 0 radical (unpaired) electrons. The van der Waals surface area contributed by atoms with Crippen molar-refractivity contribution in [3.05, 3.63) is 29.3 Å². The Morgan fingerprint density at radius 2 is 2.06 bits per heavy atom. The van der Waals surface area contributed by atoms with Crippen LogP contribution >= 0.6 is 0 Å². The van der Waals surface area contributed by atoms with Gasteiger partial charge in [-0.15, -0.1) is 0 Å². The molecule has 3 heteroatoms. The summed E-state index contributed by atoms with van der Waals surface area (Å²) in [4.78, 5) is 0. The minimum atomic E-state index is 0.247. The first-order valence-electron chi connectivity index (χ1n) is 6.81. The van der Waals surface area contributed by atoms with Gasteiger partial charge < -0.3 is 15.2 Å². The van der Waals surface area contributed by atoms with Crippen molar-refractivity contribution in [2.75, 3.05) is 26.3 Å². The van der Waals surface area contributed by atoms with Gasteiger partial charge in [-0.1, -0.05) is 19.9 Å². The first-order valence-corrected chi connectivity index (χ1v) is 6.81. The molecule has 0 fully saturated rings. The topological polar surface area (TPSA) is 46.1 Å². The summed E-state index contributed by atoms with van der Waals surface area (Å²) in [5, 5.41) is 10.7. The van der Waals surface area contributed by atoms with Gasteiger partial charge >= 0.3 is 0 Å².